The number of halogens is 3. The lowest BCUT2D eigenvalue weighted by molar-refractivity contribution is -0.274. The van der Waals surface area contributed by atoms with Crippen molar-refractivity contribution in [2.45, 2.75) is 12.9 Å². The lowest BCUT2D eigenvalue weighted by atomic mass is 10.2. The maximum atomic E-state index is 12.1. The van der Waals surface area contributed by atoms with Crippen molar-refractivity contribution >= 4 is 11.8 Å². The Morgan fingerprint density at radius 2 is 1.95 bits per heavy atom. The van der Waals surface area contributed by atoms with Crippen molar-refractivity contribution in [2.75, 3.05) is 7.11 Å². The van der Waals surface area contributed by atoms with E-state index in [1.807, 2.05) is 0 Å². The number of methoxy groups -OCH3 is 1. The van der Waals surface area contributed by atoms with Crippen LogP contribution in [-0.4, -0.2) is 25.3 Å². The summed E-state index contributed by atoms with van der Waals surface area (Å²) in [7, 11) is 1.30. The average molecular weight is 307 g/mol. The molecule has 1 rings (SSSR count). The summed E-state index contributed by atoms with van der Waals surface area (Å²) >= 11 is 0. The first-order valence-corrected chi connectivity index (χ1v) is 5.48. The van der Waals surface area contributed by atoms with Crippen LogP contribution in [0.2, 0.25) is 0 Å². The molecule has 7 nitrogen and oxygen atoms in total. The molecule has 1 aromatic carbocycles. The first-order chi connectivity index (χ1) is 9.76. The number of nitrogens with one attached hydrogen (secondary N) is 2. The molecular weight excluding hydrogens is 295 g/mol. The fraction of sp³-hybridized carbons (Fsp3) is 0.273. The topological polar surface area (TPSA) is 103 Å². The summed E-state index contributed by atoms with van der Waals surface area (Å²) in [6, 6.07) is 3.34. The average Bonchev–Trinajstić information content (AvgIpc) is 2.42. The minimum Gasteiger partial charge on any atom is -0.496 e. The molecule has 0 aromatic heterocycles. The second kappa shape index (κ2) is 6.79. The first-order valence-electron chi connectivity index (χ1n) is 5.48. The Morgan fingerprint density at radius 3 is 2.48 bits per heavy atom. The number of alkyl halides is 3. The molecule has 116 valence electrons. The van der Waals surface area contributed by atoms with Crippen LogP contribution in [0.15, 0.2) is 18.2 Å². The van der Waals surface area contributed by atoms with Crippen LogP contribution in [0.1, 0.15) is 5.56 Å². The van der Waals surface area contributed by atoms with Crippen LogP contribution >= 0.6 is 0 Å². The van der Waals surface area contributed by atoms with E-state index < -0.39 is 23.9 Å². The predicted molar refractivity (Wildman–Crippen MR) is 63.9 cm³/mol. The Labute approximate surface area is 117 Å². The molecule has 0 unspecified atom stereocenters. The Morgan fingerprint density at radius 1 is 1.29 bits per heavy atom. The van der Waals surface area contributed by atoms with Gasteiger partial charge >= 0.3 is 18.2 Å². The second-order valence-electron chi connectivity index (χ2n) is 3.68. The third-order valence-electron chi connectivity index (χ3n) is 2.26. The van der Waals surface area contributed by atoms with Crippen LogP contribution in [0.3, 0.4) is 0 Å². The lowest BCUT2D eigenvalue weighted by Gasteiger charge is -2.13. The van der Waals surface area contributed by atoms with Crippen molar-refractivity contribution in [3.05, 3.63) is 23.8 Å². The molecule has 4 N–H and O–H groups in total. The van der Waals surface area contributed by atoms with Gasteiger partial charge in [0.05, 0.1) is 7.11 Å². The minimum absolute atomic E-state index is 0.192. The summed E-state index contributed by atoms with van der Waals surface area (Å²) in [5, 5.41) is 2.17. The van der Waals surface area contributed by atoms with Crippen molar-refractivity contribution in [3.63, 3.8) is 0 Å². The Kier molecular flexibility index (Phi) is 5.36. The second-order valence-corrected chi connectivity index (χ2v) is 3.68. The number of rotatable bonds is 4. The van der Waals surface area contributed by atoms with E-state index in [0.717, 1.165) is 12.1 Å². The quantitative estimate of drug-likeness (QED) is 0.319. The summed E-state index contributed by atoms with van der Waals surface area (Å²) in [5.41, 5.74) is 1.81. The van der Waals surface area contributed by atoms with Gasteiger partial charge in [-0.3, -0.25) is 15.0 Å². The van der Waals surface area contributed by atoms with E-state index in [1.165, 1.54) is 13.2 Å². The molecule has 10 heteroatoms. The van der Waals surface area contributed by atoms with Gasteiger partial charge in [0.25, 0.3) is 0 Å². The zero-order valence-corrected chi connectivity index (χ0v) is 10.8. The number of ether oxygens (including phenoxy) is 2. The fourth-order valence-corrected chi connectivity index (χ4v) is 1.41. The van der Waals surface area contributed by atoms with E-state index in [9.17, 15) is 22.8 Å². The predicted octanol–water partition coefficient (Wildman–Crippen LogP) is 0.200. The molecule has 0 bridgehead atoms. The maximum absolute atomic E-state index is 12.1. The zero-order chi connectivity index (χ0) is 16.0. The van der Waals surface area contributed by atoms with Crippen LogP contribution in [0.4, 0.5) is 13.2 Å². The van der Waals surface area contributed by atoms with Gasteiger partial charge in [-0.2, -0.15) is 0 Å². The van der Waals surface area contributed by atoms with E-state index in [2.05, 4.69) is 10.1 Å². The molecule has 0 atom stereocenters. The van der Waals surface area contributed by atoms with E-state index in [1.54, 1.807) is 5.43 Å². The largest absolute Gasteiger partial charge is 0.573 e. The van der Waals surface area contributed by atoms with Gasteiger partial charge in [-0.1, -0.05) is 0 Å². The van der Waals surface area contributed by atoms with Crippen LogP contribution in [-0.2, 0) is 16.1 Å². The van der Waals surface area contributed by atoms with Crippen LogP contribution in [0.5, 0.6) is 11.5 Å². The van der Waals surface area contributed by atoms with Gasteiger partial charge in [-0.25, -0.2) is 5.84 Å². The first kappa shape index (κ1) is 16.6. The number of hydrogen-bond acceptors (Lipinski definition) is 5. The molecule has 0 aliphatic rings. The SMILES string of the molecule is COc1ccc(OC(F)(F)F)cc1CNC(=O)C(=O)NN. The monoisotopic (exact) mass is 307 g/mol. The summed E-state index contributed by atoms with van der Waals surface area (Å²) in [6.07, 6.45) is -4.84. The number of carbonyl (C=O) groups is 2. The minimum atomic E-state index is -4.84. The molecule has 0 fully saturated rings. The highest BCUT2D eigenvalue weighted by Gasteiger charge is 2.31. The van der Waals surface area contributed by atoms with Crippen molar-refractivity contribution < 1.29 is 32.2 Å². The smallest absolute Gasteiger partial charge is 0.496 e. The highest BCUT2D eigenvalue weighted by Crippen LogP contribution is 2.28. The van der Waals surface area contributed by atoms with Gasteiger partial charge in [0, 0.05) is 12.1 Å². The summed E-state index contributed by atoms with van der Waals surface area (Å²) in [6.45, 7) is -0.246. The lowest BCUT2D eigenvalue weighted by Crippen LogP contribution is -2.42. The molecule has 0 saturated heterocycles. The number of amides is 2. The summed E-state index contributed by atoms with van der Waals surface area (Å²) in [5.74, 6) is 2.38. The van der Waals surface area contributed by atoms with E-state index in [4.69, 9.17) is 10.6 Å². The molecule has 0 spiro atoms. The van der Waals surface area contributed by atoms with Gasteiger partial charge in [0.1, 0.15) is 11.5 Å². The highest BCUT2D eigenvalue weighted by atomic mass is 19.4. The molecule has 0 aliphatic heterocycles. The molecule has 0 radical (unpaired) electrons. The molecule has 0 aliphatic carbocycles. The summed E-state index contributed by atoms with van der Waals surface area (Å²) < 4.78 is 45.1. The Balaban J connectivity index is 2.86. The molecule has 1 aromatic rings. The van der Waals surface area contributed by atoms with E-state index in [0.29, 0.717) is 0 Å². The molecule has 2 amide bonds. The number of benzene rings is 1. The van der Waals surface area contributed by atoms with Gasteiger partial charge in [-0.15, -0.1) is 13.2 Å². The van der Waals surface area contributed by atoms with Gasteiger partial charge < -0.3 is 14.8 Å². The van der Waals surface area contributed by atoms with Crippen molar-refractivity contribution in [1.29, 1.82) is 0 Å². The third kappa shape index (κ3) is 5.18. The van der Waals surface area contributed by atoms with Crippen molar-refractivity contribution in [2.24, 2.45) is 5.84 Å². The molecule has 0 saturated carbocycles. The van der Waals surface area contributed by atoms with Gasteiger partial charge in [-0.05, 0) is 18.2 Å². The third-order valence-corrected chi connectivity index (χ3v) is 2.26. The van der Waals surface area contributed by atoms with Crippen LogP contribution < -0.4 is 26.1 Å². The normalized spacial score (nSPS) is 10.7. The highest BCUT2D eigenvalue weighted by molar-refractivity contribution is 6.34. The number of carbonyl (C=O) groups excluding carboxylic acids is 2. The van der Waals surface area contributed by atoms with E-state index >= 15 is 0 Å². The maximum Gasteiger partial charge on any atom is 0.573 e. The number of hydrazine groups is 1. The summed E-state index contributed by atoms with van der Waals surface area (Å²) in [4.78, 5) is 22.1. The van der Waals surface area contributed by atoms with E-state index in [-0.39, 0.29) is 17.9 Å². The van der Waals surface area contributed by atoms with Crippen LogP contribution in [0.25, 0.3) is 0 Å². The molecule has 21 heavy (non-hydrogen) atoms. The Bertz CT molecular complexity index is 534. The van der Waals surface area contributed by atoms with Crippen molar-refractivity contribution in [1.82, 2.24) is 10.7 Å². The fourth-order valence-electron chi connectivity index (χ4n) is 1.41. The molecule has 0 heterocycles. The van der Waals surface area contributed by atoms with Crippen LogP contribution in [0, 0.1) is 0 Å². The standard InChI is InChI=1S/C11H12F3N3O4/c1-20-8-3-2-7(21-11(12,13)14)4-6(8)5-16-9(18)10(19)17-15/h2-4H,5,15H2,1H3,(H,16,18)(H,17,19). The van der Waals surface area contributed by atoms with Gasteiger partial charge in [0.15, 0.2) is 0 Å². The van der Waals surface area contributed by atoms with Gasteiger partial charge in [0.2, 0.25) is 0 Å². The van der Waals surface area contributed by atoms with Crippen molar-refractivity contribution in [3.8, 4) is 11.5 Å². The number of hydrogen-bond donors (Lipinski definition) is 3. The number of nitrogens with two attached hydrogens (primary N) is 1. The molecular formula is C11H12F3N3O4. The Hall–Kier alpha value is -2.49. The zero-order valence-electron chi connectivity index (χ0n) is 10.8.